The molecule has 3 heteroatoms. The molecule has 0 heterocycles. The predicted octanol–water partition coefficient (Wildman–Crippen LogP) is 4.12. The average Bonchev–Trinajstić information content (AvgIpc) is 2.49. The van der Waals surface area contributed by atoms with Gasteiger partial charge in [0.15, 0.2) is 0 Å². The first-order chi connectivity index (χ1) is 9.67. The molecule has 0 aliphatic rings. The first-order valence-electron chi connectivity index (χ1n) is 7.13. The van der Waals surface area contributed by atoms with Crippen LogP contribution in [0.15, 0.2) is 36.4 Å². The summed E-state index contributed by atoms with van der Waals surface area (Å²) in [5.74, 6) is -0.315. The summed E-state index contributed by atoms with van der Waals surface area (Å²) in [6.07, 6.45) is 7.92. The van der Waals surface area contributed by atoms with Gasteiger partial charge in [-0.2, -0.15) is 0 Å². The molecule has 1 aromatic carbocycles. The van der Waals surface area contributed by atoms with E-state index in [1.165, 1.54) is 20.0 Å². The van der Waals surface area contributed by atoms with E-state index in [0.717, 1.165) is 12.0 Å². The molecule has 0 aliphatic heterocycles. The van der Waals surface area contributed by atoms with E-state index in [1.807, 2.05) is 19.1 Å². The maximum Gasteiger partial charge on any atom is 0.337 e. The molecule has 0 saturated carbocycles. The predicted molar refractivity (Wildman–Crippen MR) is 80.7 cm³/mol. The van der Waals surface area contributed by atoms with Gasteiger partial charge in [-0.15, -0.1) is 0 Å². The van der Waals surface area contributed by atoms with Gasteiger partial charge in [-0.3, -0.25) is 0 Å². The van der Waals surface area contributed by atoms with E-state index < -0.39 is 0 Å². The minimum atomic E-state index is -0.315. The Morgan fingerprint density at radius 1 is 1.30 bits per heavy atom. The van der Waals surface area contributed by atoms with Crippen LogP contribution in [-0.2, 0) is 16.1 Å². The van der Waals surface area contributed by atoms with Gasteiger partial charge in [-0.05, 0) is 31.0 Å². The molecule has 0 radical (unpaired) electrons. The average molecular weight is 276 g/mol. The van der Waals surface area contributed by atoms with Crippen molar-refractivity contribution in [2.24, 2.45) is 0 Å². The molecule has 0 aliphatic carbocycles. The topological polar surface area (TPSA) is 35.5 Å². The Hall–Kier alpha value is -1.61. The Balaban J connectivity index is 2.38. The zero-order chi connectivity index (χ0) is 14.8. The van der Waals surface area contributed by atoms with Crippen molar-refractivity contribution in [2.75, 3.05) is 7.11 Å². The standard InChI is InChI=1S/C17H24O3/c1-4-5-6-7-8-14(2)20-13-15-9-11-16(12-10-15)17(18)19-3/h7-12,14H,4-6,13H2,1-3H3/b8-7+/t14-/m0/s1. The van der Waals surface area contributed by atoms with Gasteiger partial charge >= 0.3 is 5.97 Å². The highest BCUT2D eigenvalue weighted by Gasteiger charge is 2.04. The second-order valence-corrected chi connectivity index (χ2v) is 4.78. The summed E-state index contributed by atoms with van der Waals surface area (Å²) < 4.78 is 10.4. The Morgan fingerprint density at radius 3 is 2.60 bits per heavy atom. The summed E-state index contributed by atoms with van der Waals surface area (Å²) in [6.45, 7) is 4.76. The molecule has 0 bridgehead atoms. The molecule has 0 amide bonds. The fourth-order valence-corrected chi connectivity index (χ4v) is 1.75. The number of carbonyl (C=O) groups excluding carboxylic acids is 1. The molecule has 1 rings (SSSR count). The maximum atomic E-state index is 11.3. The van der Waals surface area contributed by atoms with Crippen LogP contribution in [0.2, 0.25) is 0 Å². The van der Waals surface area contributed by atoms with Crippen molar-refractivity contribution in [2.45, 2.75) is 45.8 Å². The van der Waals surface area contributed by atoms with Crippen LogP contribution in [0.1, 0.15) is 49.0 Å². The van der Waals surface area contributed by atoms with Crippen LogP contribution in [-0.4, -0.2) is 19.2 Å². The van der Waals surface area contributed by atoms with Crippen LogP contribution in [0.25, 0.3) is 0 Å². The van der Waals surface area contributed by atoms with Crippen LogP contribution >= 0.6 is 0 Å². The van der Waals surface area contributed by atoms with Crippen molar-refractivity contribution in [1.82, 2.24) is 0 Å². The van der Waals surface area contributed by atoms with Gasteiger partial charge in [0.2, 0.25) is 0 Å². The van der Waals surface area contributed by atoms with Gasteiger partial charge in [-0.1, -0.05) is 44.1 Å². The molecule has 1 atom stereocenters. The van der Waals surface area contributed by atoms with Gasteiger partial charge in [-0.25, -0.2) is 4.79 Å². The highest BCUT2D eigenvalue weighted by molar-refractivity contribution is 5.89. The van der Waals surface area contributed by atoms with Gasteiger partial charge < -0.3 is 9.47 Å². The van der Waals surface area contributed by atoms with Crippen molar-refractivity contribution in [3.8, 4) is 0 Å². The number of hydrogen-bond acceptors (Lipinski definition) is 3. The number of allylic oxidation sites excluding steroid dienone is 1. The molecule has 0 saturated heterocycles. The molecule has 1 aromatic rings. The summed E-state index contributed by atoms with van der Waals surface area (Å²) in [4.78, 5) is 11.3. The Labute approximate surface area is 121 Å². The van der Waals surface area contributed by atoms with Crippen molar-refractivity contribution in [3.63, 3.8) is 0 Å². The fraction of sp³-hybridized carbons (Fsp3) is 0.471. The number of unbranched alkanes of at least 4 members (excludes halogenated alkanes) is 2. The van der Waals surface area contributed by atoms with Crippen LogP contribution < -0.4 is 0 Å². The summed E-state index contributed by atoms with van der Waals surface area (Å²) in [5.41, 5.74) is 1.61. The lowest BCUT2D eigenvalue weighted by Crippen LogP contribution is -2.05. The van der Waals surface area contributed by atoms with E-state index in [9.17, 15) is 4.79 Å². The summed E-state index contributed by atoms with van der Waals surface area (Å²) >= 11 is 0. The van der Waals surface area contributed by atoms with Crippen LogP contribution in [0.5, 0.6) is 0 Å². The molecule has 0 fully saturated rings. The number of ether oxygens (including phenoxy) is 2. The number of hydrogen-bond donors (Lipinski definition) is 0. The van der Waals surface area contributed by atoms with Gasteiger partial charge in [0.05, 0.1) is 25.4 Å². The molecule has 0 unspecified atom stereocenters. The van der Waals surface area contributed by atoms with E-state index in [1.54, 1.807) is 12.1 Å². The Bertz CT molecular complexity index is 420. The molecule has 0 spiro atoms. The lowest BCUT2D eigenvalue weighted by molar-refractivity contribution is 0.0600. The number of esters is 1. The molecular formula is C17H24O3. The molecule has 3 nitrogen and oxygen atoms in total. The second kappa shape index (κ2) is 9.32. The fourth-order valence-electron chi connectivity index (χ4n) is 1.75. The first-order valence-corrected chi connectivity index (χ1v) is 7.13. The summed E-state index contributed by atoms with van der Waals surface area (Å²) in [5, 5.41) is 0. The van der Waals surface area contributed by atoms with Crippen LogP contribution in [0.3, 0.4) is 0 Å². The van der Waals surface area contributed by atoms with E-state index in [0.29, 0.717) is 12.2 Å². The quantitative estimate of drug-likeness (QED) is 0.407. The molecular weight excluding hydrogens is 252 g/mol. The lowest BCUT2D eigenvalue weighted by Gasteiger charge is -2.09. The highest BCUT2D eigenvalue weighted by atomic mass is 16.5. The van der Waals surface area contributed by atoms with Crippen molar-refractivity contribution in [1.29, 1.82) is 0 Å². The number of methoxy groups -OCH3 is 1. The third-order valence-electron chi connectivity index (χ3n) is 3.02. The molecule has 110 valence electrons. The monoisotopic (exact) mass is 276 g/mol. The normalized spacial score (nSPS) is 12.6. The third-order valence-corrected chi connectivity index (χ3v) is 3.02. The zero-order valence-corrected chi connectivity index (χ0v) is 12.6. The van der Waals surface area contributed by atoms with Gasteiger partial charge in [0, 0.05) is 0 Å². The minimum Gasteiger partial charge on any atom is -0.465 e. The number of rotatable bonds is 8. The van der Waals surface area contributed by atoms with E-state index in [-0.39, 0.29) is 12.1 Å². The first kappa shape index (κ1) is 16.4. The Morgan fingerprint density at radius 2 is 2.00 bits per heavy atom. The molecule has 0 N–H and O–H groups in total. The van der Waals surface area contributed by atoms with Crippen molar-refractivity contribution >= 4 is 5.97 Å². The largest absolute Gasteiger partial charge is 0.465 e. The SMILES string of the molecule is CCCC/C=C/[C@H](C)OCc1ccc(C(=O)OC)cc1. The van der Waals surface area contributed by atoms with Crippen LogP contribution in [0.4, 0.5) is 0 Å². The highest BCUT2D eigenvalue weighted by Crippen LogP contribution is 2.09. The summed E-state index contributed by atoms with van der Waals surface area (Å²) in [7, 11) is 1.38. The third kappa shape index (κ3) is 6.02. The minimum absolute atomic E-state index is 0.104. The zero-order valence-electron chi connectivity index (χ0n) is 12.6. The smallest absolute Gasteiger partial charge is 0.337 e. The van der Waals surface area contributed by atoms with Gasteiger partial charge in [0.25, 0.3) is 0 Å². The van der Waals surface area contributed by atoms with Crippen LogP contribution in [0, 0.1) is 0 Å². The Kier molecular flexibility index (Phi) is 7.66. The van der Waals surface area contributed by atoms with Crippen molar-refractivity contribution in [3.05, 3.63) is 47.5 Å². The number of carbonyl (C=O) groups is 1. The molecule has 0 aromatic heterocycles. The second-order valence-electron chi connectivity index (χ2n) is 4.78. The number of benzene rings is 1. The van der Waals surface area contributed by atoms with Crippen molar-refractivity contribution < 1.29 is 14.3 Å². The lowest BCUT2D eigenvalue weighted by atomic mass is 10.1. The van der Waals surface area contributed by atoms with E-state index in [2.05, 4.69) is 23.8 Å². The maximum absolute atomic E-state index is 11.3. The van der Waals surface area contributed by atoms with E-state index in [4.69, 9.17) is 4.74 Å². The van der Waals surface area contributed by atoms with Gasteiger partial charge in [0.1, 0.15) is 0 Å². The molecule has 20 heavy (non-hydrogen) atoms. The van der Waals surface area contributed by atoms with E-state index >= 15 is 0 Å². The summed E-state index contributed by atoms with van der Waals surface area (Å²) in [6, 6.07) is 7.29.